The summed E-state index contributed by atoms with van der Waals surface area (Å²) >= 11 is 1.47. The second kappa shape index (κ2) is 6.68. The third-order valence-corrected chi connectivity index (χ3v) is 4.44. The maximum atomic E-state index is 12.3. The number of nitrogens with one attached hydrogen (secondary N) is 1. The van der Waals surface area contributed by atoms with E-state index in [0.29, 0.717) is 5.69 Å². The SMILES string of the molecule is Cc1ccc(C)c(NC(=O)C(C)Sc2ccccc2N)c1. The molecule has 21 heavy (non-hydrogen) atoms. The highest BCUT2D eigenvalue weighted by Crippen LogP contribution is 2.29. The van der Waals surface area contributed by atoms with Gasteiger partial charge in [-0.05, 0) is 50.1 Å². The van der Waals surface area contributed by atoms with E-state index in [1.165, 1.54) is 11.8 Å². The molecule has 1 atom stereocenters. The van der Waals surface area contributed by atoms with Crippen LogP contribution in [0.15, 0.2) is 47.4 Å². The first-order valence-corrected chi connectivity index (χ1v) is 7.74. The van der Waals surface area contributed by atoms with Gasteiger partial charge >= 0.3 is 0 Å². The number of thioether (sulfide) groups is 1. The van der Waals surface area contributed by atoms with Crippen molar-refractivity contribution in [1.29, 1.82) is 0 Å². The monoisotopic (exact) mass is 300 g/mol. The normalized spacial score (nSPS) is 12.0. The molecule has 0 bridgehead atoms. The largest absolute Gasteiger partial charge is 0.398 e. The lowest BCUT2D eigenvalue weighted by Crippen LogP contribution is -2.23. The summed E-state index contributed by atoms with van der Waals surface area (Å²) in [5.41, 5.74) is 9.67. The van der Waals surface area contributed by atoms with E-state index >= 15 is 0 Å². The van der Waals surface area contributed by atoms with Crippen molar-refractivity contribution in [2.45, 2.75) is 30.9 Å². The molecule has 0 spiro atoms. The second-order valence-corrected chi connectivity index (χ2v) is 6.49. The van der Waals surface area contributed by atoms with Crippen LogP contribution in [0.1, 0.15) is 18.1 Å². The number of carbonyl (C=O) groups is 1. The van der Waals surface area contributed by atoms with Gasteiger partial charge in [0.25, 0.3) is 0 Å². The number of anilines is 2. The van der Waals surface area contributed by atoms with E-state index in [1.807, 2.05) is 63.2 Å². The number of hydrogen-bond donors (Lipinski definition) is 2. The van der Waals surface area contributed by atoms with Crippen molar-refractivity contribution in [3.05, 3.63) is 53.6 Å². The van der Waals surface area contributed by atoms with Gasteiger partial charge in [0.15, 0.2) is 0 Å². The van der Waals surface area contributed by atoms with Gasteiger partial charge in [-0.1, -0.05) is 24.3 Å². The Labute approximate surface area is 129 Å². The van der Waals surface area contributed by atoms with E-state index < -0.39 is 0 Å². The van der Waals surface area contributed by atoms with Gasteiger partial charge in [0.1, 0.15) is 0 Å². The molecular weight excluding hydrogens is 280 g/mol. The standard InChI is InChI=1S/C17H20N2OS/c1-11-8-9-12(2)15(10-11)19-17(20)13(3)21-16-7-5-4-6-14(16)18/h4-10,13H,18H2,1-3H3,(H,19,20). The summed E-state index contributed by atoms with van der Waals surface area (Å²) in [5, 5.41) is 2.78. The van der Waals surface area contributed by atoms with E-state index in [-0.39, 0.29) is 11.2 Å². The van der Waals surface area contributed by atoms with Gasteiger partial charge in [-0.2, -0.15) is 0 Å². The summed E-state index contributed by atoms with van der Waals surface area (Å²) in [6.07, 6.45) is 0. The fourth-order valence-corrected chi connectivity index (χ4v) is 2.84. The van der Waals surface area contributed by atoms with E-state index in [1.54, 1.807) is 0 Å². The molecule has 0 fully saturated rings. The molecule has 110 valence electrons. The molecule has 0 aliphatic heterocycles. The van der Waals surface area contributed by atoms with E-state index in [9.17, 15) is 4.79 Å². The van der Waals surface area contributed by atoms with Gasteiger partial charge in [-0.25, -0.2) is 0 Å². The minimum absolute atomic E-state index is 0.0167. The molecule has 1 amide bonds. The summed E-state index contributed by atoms with van der Waals surface area (Å²) in [4.78, 5) is 13.3. The lowest BCUT2D eigenvalue weighted by atomic mass is 10.1. The fraction of sp³-hybridized carbons (Fsp3) is 0.235. The van der Waals surface area contributed by atoms with Crippen LogP contribution in [-0.2, 0) is 4.79 Å². The molecule has 1 unspecified atom stereocenters. The quantitative estimate of drug-likeness (QED) is 0.662. The van der Waals surface area contributed by atoms with Crippen molar-refractivity contribution in [2.24, 2.45) is 0 Å². The van der Waals surface area contributed by atoms with Crippen LogP contribution in [0.4, 0.5) is 11.4 Å². The van der Waals surface area contributed by atoms with Crippen LogP contribution < -0.4 is 11.1 Å². The van der Waals surface area contributed by atoms with Crippen LogP contribution in [0, 0.1) is 13.8 Å². The van der Waals surface area contributed by atoms with Crippen LogP contribution in [0.2, 0.25) is 0 Å². The second-order valence-electron chi connectivity index (χ2n) is 5.11. The first-order chi connectivity index (χ1) is 9.97. The van der Waals surface area contributed by atoms with Gasteiger partial charge in [0, 0.05) is 16.3 Å². The molecule has 2 aromatic rings. The van der Waals surface area contributed by atoms with Crippen LogP contribution in [0.5, 0.6) is 0 Å². The zero-order chi connectivity index (χ0) is 15.4. The molecule has 0 radical (unpaired) electrons. The van der Waals surface area contributed by atoms with E-state index in [4.69, 9.17) is 5.73 Å². The predicted molar refractivity (Wildman–Crippen MR) is 90.7 cm³/mol. The average Bonchev–Trinajstić information content (AvgIpc) is 2.45. The maximum absolute atomic E-state index is 12.3. The molecule has 0 saturated carbocycles. The highest BCUT2D eigenvalue weighted by molar-refractivity contribution is 8.00. The minimum Gasteiger partial charge on any atom is -0.398 e. The number of benzene rings is 2. The molecule has 0 saturated heterocycles. The Balaban J connectivity index is 2.06. The van der Waals surface area contributed by atoms with Gasteiger partial charge in [0.2, 0.25) is 5.91 Å². The molecule has 2 aromatic carbocycles. The smallest absolute Gasteiger partial charge is 0.237 e. The first kappa shape index (κ1) is 15.4. The highest BCUT2D eigenvalue weighted by atomic mass is 32.2. The zero-order valence-corrected chi connectivity index (χ0v) is 13.3. The van der Waals surface area contributed by atoms with E-state index in [2.05, 4.69) is 5.32 Å². The number of rotatable bonds is 4. The van der Waals surface area contributed by atoms with Gasteiger partial charge < -0.3 is 11.1 Å². The maximum Gasteiger partial charge on any atom is 0.237 e. The Bertz CT molecular complexity index is 655. The van der Waals surface area contributed by atoms with Crippen molar-refractivity contribution >= 4 is 29.0 Å². The van der Waals surface area contributed by atoms with Gasteiger partial charge in [0.05, 0.1) is 5.25 Å². The number of carbonyl (C=O) groups excluding carboxylic acids is 1. The summed E-state index contributed by atoms with van der Waals surface area (Å²) in [5.74, 6) is -0.0167. The Morgan fingerprint density at radius 3 is 2.62 bits per heavy atom. The fourth-order valence-electron chi connectivity index (χ4n) is 1.94. The van der Waals surface area contributed by atoms with Gasteiger partial charge in [-0.15, -0.1) is 11.8 Å². The molecule has 0 aliphatic rings. The summed E-state index contributed by atoms with van der Waals surface area (Å²) in [7, 11) is 0. The molecule has 3 nitrogen and oxygen atoms in total. The number of amides is 1. The summed E-state index contributed by atoms with van der Waals surface area (Å²) in [6.45, 7) is 5.89. The average molecular weight is 300 g/mol. The number of para-hydroxylation sites is 1. The zero-order valence-electron chi connectivity index (χ0n) is 12.5. The Kier molecular flexibility index (Phi) is 4.91. The lowest BCUT2D eigenvalue weighted by Gasteiger charge is -2.15. The Morgan fingerprint density at radius 2 is 1.90 bits per heavy atom. The molecule has 2 rings (SSSR count). The molecule has 0 aromatic heterocycles. The number of nitrogen functional groups attached to an aromatic ring is 1. The predicted octanol–water partition coefficient (Wildman–Crippen LogP) is 4.00. The minimum atomic E-state index is -0.213. The van der Waals surface area contributed by atoms with E-state index in [0.717, 1.165) is 21.7 Å². The lowest BCUT2D eigenvalue weighted by molar-refractivity contribution is -0.115. The number of hydrogen-bond acceptors (Lipinski definition) is 3. The van der Waals surface area contributed by atoms with Crippen molar-refractivity contribution in [3.63, 3.8) is 0 Å². The first-order valence-electron chi connectivity index (χ1n) is 6.86. The van der Waals surface area contributed by atoms with Crippen LogP contribution in [0.3, 0.4) is 0 Å². The molecular formula is C17H20N2OS. The summed E-state index contributed by atoms with van der Waals surface area (Å²) in [6, 6.07) is 13.6. The van der Waals surface area contributed by atoms with Crippen LogP contribution >= 0.6 is 11.8 Å². The van der Waals surface area contributed by atoms with Crippen LogP contribution in [0.25, 0.3) is 0 Å². The third kappa shape index (κ3) is 4.02. The molecule has 4 heteroatoms. The number of aryl methyl sites for hydroxylation is 2. The molecule has 0 heterocycles. The van der Waals surface area contributed by atoms with Gasteiger partial charge in [-0.3, -0.25) is 4.79 Å². The topological polar surface area (TPSA) is 55.1 Å². The Morgan fingerprint density at radius 1 is 1.19 bits per heavy atom. The highest BCUT2D eigenvalue weighted by Gasteiger charge is 2.16. The number of nitrogens with two attached hydrogens (primary N) is 1. The van der Waals surface area contributed by atoms with Crippen molar-refractivity contribution in [3.8, 4) is 0 Å². The van der Waals surface area contributed by atoms with Crippen LogP contribution in [-0.4, -0.2) is 11.2 Å². The van der Waals surface area contributed by atoms with Crippen molar-refractivity contribution in [2.75, 3.05) is 11.1 Å². The Hall–Kier alpha value is -1.94. The molecule has 3 N–H and O–H groups in total. The summed E-state index contributed by atoms with van der Waals surface area (Å²) < 4.78 is 0. The molecule has 0 aliphatic carbocycles. The third-order valence-electron chi connectivity index (χ3n) is 3.24. The van der Waals surface area contributed by atoms with Crippen molar-refractivity contribution < 1.29 is 4.79 Å². The van der Waals surface area contributed by atoms with Crippen molar-refractivity contribution in [1.82, 2.24) is 0 Å².